The van der Waals surface area contributed by atoms with Crippen LogP contribution in [0.4, 0.5) is 0 Å². The monoisotopic (exact) mass is 429 g/mol. The number of nitrogens with one attached hydrogen (secondary N) is 1. The van der Waals surface area contributed by atoms with E-state index in [-0.39, 0.29) is 41.2 Å². The summed E-state index contributed by atoms with van der Waals surface area (Å²) in [6.45, 7) is 1.87. The average Bonchev–Trinajstić information content (AvgIpc) is 2.61. The molecule has 3 unspecified atom stereocenters. The zero-order valence-electron chi connectivity index (χ0n) is 16.8. The molecule has 3 rings (SSSR count). The van der Waals surface area contributed by atoms with E-state index >= 15 is 0 Å². The second kappa shape index (κ2) is 9.11. The minimum Gasteiger partial charge on any atom is -0.352 e. The number of sulfonamides is 1. The summed E-state index contributed by atoms with van der Waals surface area (Å²) in [6.07, 6.45) is 5.49. The predicted molar refractivity (Wildman–Crippen MR) is 113 cm³/mol. The quantitative estimate of drug-likeness (QED) is 0.751. The minimum atomic E-state index is -3.46. The molecule has 0 aromatic heterocycles. The van der Waals surface area contributed by atoms with Crippen molar-refractivity contribution in [1.82, 2.24) is 9.62 Å². The van der Waals surface area contributed by atoms with Gasteiger partial charge in [0.05, 0.1) is 10.8 Å². The Morgan fingerprint density at radius 3 is 2.18 bits per heavy atom. The molecule has 3 N–H and O–H groups in total. The van der Waals surface area contributed by atoms with Crippen molar-refractivity contribution in [3.8, 4) is 0 Å². The van der Waals surface area contributed by atoms with Gasteiger partial charge in [-0.25, -0.2) is 12.7 Å². The number of halogens is 1. The Kier molecular flexibility index (Phi) is 7.53. The number of carbonyl (C=O) groups is 1. The Hall–Kier alpha value is -1.15. The van der Waals surface area contributed by atoms with Gasteiger partial charge < -0.3 is 11.1 Å². The van der Waals surface area contributed by atoms with Crippen molar-refractivity contribution in [2.24, 2.45) is 17.6 Å². The number of benzene rings is 1. The fourth-order valence-electron chi connectivity index (χ4n) is 4.60. The van der Waals surface area contributed by atoms with Gasteiger partial charge in [0.1, 0.15) is 0 Å². The molecule has 2 saturated carbocycles. The van der Waals surface area contributed by atoms with Crippen LogP contribution in [0.25, 0.3) is 0 Å². The highest BCUT2D eigenvalue weighted by atomic mass is 35.5. The molecular formula is C20H32ClN3O3S. The molecule has 0 saturated heterocycles. The van der Waals surface area contributed by atoms with Gasteiger partial charge >= 0.3 is 0 Å². The Labute approximate surface area is 174 Å². The maximum atomic E-state index is 12.8. The first-order valence-corrected chi connectivity index (χ1v) is 11.2. The van der Waals surface area contributed by atoms with Crippen molar-refractivity contribution in [1.29, 1.82) is 0 Å². The molecule has 0 aliphatic heterocycles. The van der Waals surface area contributed by atoms with Crippen LogP contribution in [0.5, 0.6) is 0 Å². The van der Waals surface area contributed by atoms with Crippen molar-refractivity contribution in [2.75, 3.05) is 14.1 Å². The van der Waals surface area contributed by atoms with Gasteiger partial charge in [0, 0.05) is 26.2 Å². The van der Waals surface area contributed by atoms with Crippen LogP contribution >= 0.6 is 12.4 Å². The summed E-state index contributed by atoms with van der Waals surface area (Å²) in [5.74, 6) is 0.653. The summed E-state index contributed by atoms with van der Waals surface area (Å²) >= 11 is 0. The molecule has 2 aliphatic rings. The lowest BCUT2D eigenvalue weighted by Gasteiger charge is -2.45. The second-order valence-corrected chi connectivity index (χ2v) is 10.4. The van der Waals surface area contributed by atoms with Gasteiger partial charge in [0.2, 0.25) is 15.9 Å². The smallest absolute Gasteiger partial charge is 0.242 e. The van der Waals surface area contributed by atoms with E-state index in [2.05, 4.69) is 5.32 Å². The number of hydrogen-bond acceptors (Lipinski definition) is 4. The van der Waals surface area contributed by atoms with Gasteiger partial charge in [-0.2, -0.15) is 0 Å². The molecule has 158 valence electrons. The van der Waals surface area contributed by atoms with Crippen molar-refractivity contribution in [3.63, 3.8) is 0 Å². The van der Waals surface area contributed by atoms with Crippen molar-refractivity contribution < 1.29 is 13.2 Å². The fourth-order valence-corrected chi connectivity index (χ4v) is 5.51. The van der Waals surface area contributed by atoms with Gasteiger partial charge in [0.25, 0.3) is 0 Å². The number of nitrogens with zero attached hydrogens (tertiary/aromatic N) is 1. The van der Waals surface area contributed by atoms with Crippen LogP contribution < -0.4 is 11.1 Å². The summed E-state index contributed by atoms with van der Waals surface area (Å²) < 4.78 is 25.6. The highest BCUT2D eigenvalue weighted by molar-refractivity contribution is 7.89. The third kappa shape index (κ3) is 4.70. The molecule has 1 amide bonds. The lowest BCUT2D eigenvalue weighted by Crippen LogP contribution is -2.54. The molecule has 0 radical (unpaired) electrons. The van der Waals surface area contributed by atoms with Crippen LogP contribution in [-0.2, 0) is 14.8 Å². The maximum Gasteiger partial charge on any atom is 0.242 e. The molecule has 1 aromatic carbocycles. The summed E-state index contributed by atoms with van der Waals surface area (Å²) in [5.41, 5.74) is 7.00. The van der Waals surface area contributed by atoms with E-state index in [0.717, 1.165) is 31.2 Å². The maximum absolute atomic E-state index is 12.8. The standard InChI is InChI=1S/C20H31N3O3S.ClH/c1-13(14-7-9-18(10-8-14)27(25,26)23(2)3)20(24)22-19-15-5-4-6-16(19)12-17(21)11-15;/h7-10,13,15-17,19H,4-6,11-12,21H2,1-3H3,(H,22,24);1H. The van der Waals surface area contributed by atoms with Crippen LogP contribution in [-0.4, -0.2) is 44.8 Å². The SMILES string of the molecule is CC(C(=O)NC1C2CCCC1CC(N)C2)c1ccc(S(=O)(=O)N(C)C)cc1.Cl. The molecule has 0 spiro atoms. The van der Waals surface area contributed by atoms with E-state index in [1.54, 1.807) is 24.3 Å². The number of hydrogen-bond donors (Lipinski definition) is 2. The van der Waals surface area contributed by atoms with Gasteiger partial charge in [0.15, 0.2) is 0 Å². The Balaban J connectivity index is 0.00000280. The lowest BCUT2D eigenvalue weighted by atomic mass is 9.67. The van der Waals surface area contributed by atoms with Crippen LogP contribution in [0, 0.1) is 11.8 Å². The van der Waals surface area contributed by atoms with Crippen molar-refractivity contribution >= 4 is 28.3 Å². The zero-order chi connectivity index (χ0) is 19.8. The molecule has 1 aromatic rings. The lowest BCUT2D eigenvalue weighted by molar-refractivity contribution is -0.124. The van der Waals surface area contributed by atoms with E-state index in [1.807, 2.05) is 6.92 Å². The first-order valence-electron chi connectivity index (χ1n) is 9.78. The normalized spacial score (nSPS) is 28.3. The fraction of sp³-hybridized carbons (Fsp3) is 0.650. The summed E-state index contributed by atoms with van der Waals surface area (Å²) in [6, 6.07) is 7.10. The molecule has 2 aliphatic carbocycles. The van der Waals surface area contributed by atoms with E-state index in [4.69, 9.17) is 5.73 Å². The Morgan fingerprint density at radius 2 is 1.68 bits per heavy atom. The summed E-state index contributed by atoms with van der Waals surface area (Å²) in [7, 11) is -0.445. The average molecular weight is 430 g/mol. The third-order valence-corrected chi connectivity index (χ3v) is 8.07. The highest BCUT2D eigenvalue weighted by Gasteiger charge is 2.40. The van der Waals surface area contributed by atoms with Crippen LogP contribution in [0.1, 0.15) is 50.5 Å². The largest absolute Gasteiger partial charge is 0.352 e. The number of amides is 1. The van der Waals surface area contributed by atoms with Gasteiger partial charge in [-0.15, -0.1) is 12.4 Å². The number of nitrogens with two attached hydrogens (primary N) is 1. The van der Waals surface area contributed by atoms with E-state index in [1.165, 1.54) is 24.8 Å². The first-order chi connectivity index (χ1) is 12.7. The zero-order valence-corrected chi connectivity index (χ0v) is 18.4. The summed E-state index contributed by atoms with van der Waals surface area (Å²) in [5, 5.41) is 3.28. The highest BCUT2D eigenvalue weighted by Crippen LogP contribution is 2.40. The molecule has 2 bridgehead atoms. The molecule has 2 fully saturated rings. The predicted octanol–water partition coefficient (Wildman–Crippen LogP) is 2.48. The van der Waals surface area contributed by atoms with E-state index < -0.39 is 10.0 Å². The van der Waals surface area contributed by atoms with E-state index in [9.17, 15) is 13.2 Å². The second-order valence-electron chi connectivity index (χ2n) is 8.30. The minimum absolute atomic E-state index is 0. The Morgan fingerprint density at radius 1 is 1.14 bits per heavy atom. The molecule has 8 heteroatoms. The topological polar surface area (TPSA) is 92.5 Å². The van der Waals surface area contributed by atoms with Crippen LogP contribution in [0.15, 0.2) is 29.2 Å². The van der Waals surface area contributed by atoms with E-state index in [0.29, 0.717) is 11.8 Å². The molecule has 0 heterocycles. The number of fused-ring (bicyclic) bond motifs is 2. The van der Waals surface area contributed by atoms with Gasteiger partial charge in [-0.05, 0) is 62.1 Å². The van der Waals surface area contributed by atoms with Crippen LogP contribution in [0.2, 0.25) is 0 Å². The summed E-state index contributed by atoms with van der Waals surface area (Å²) in [4.78, 5) is 13.1. The molecular weight excluding hydrogens is 398 g/mol. The Bertz CT molecular complexity index is 768. The number of carbonyl (C=O) groups excluding carboxylic acids is 1. The van der Waals surface area contributed by atoms with Crippen LogP contribution in [0.3, 0.4) is 0 Å². The van der Waals surface area contributed by atoms with Gasteiger partial charge in [-0.3, -0.25) is 4.79 Å². The first kappa shape index (κ1) is 23.1. The van der Waals surface area contributed by atoms with Crippen molar-refractivity contribution in [3.05, 3.63) is 29.8 Å². The molecule has 6 nitrogen and oxygen atoms in total. The number of rotatable bonds is 5. The molecule has 28 heavy (non-hydrogen) atoms. The van der Waals surface area contributed by atoms with Gasteiger partial charge in [-0.1, -0.05) is 18.6 Å². The van der Waals surface area contributed by atoms with Crippen molar-refractivity contribution in [2.45, 2.75) is 61.9 Å². The third-order valence-electron chi connectivity index (χ3n) is 6.24. The molecule has 3 atom stereocenters.